The molecule has 0 saturated carbocycles. The summed E-state index contributed by atoms with van der Waals surface area (Å²) in [6.07, 6.45) is 0. The zero-order valence-corrected chi connectivity index (χ0v) is 18.5. The van der Waals surface area contributed by atoms with Gasteiger partial charge < -0.3 is 30.1 Å². The lowest BCUT2D eigenvalue weighted by atomic mass is 10.1. The van der Waals surface area contributed by atoms with E-state index in [1.54, 1.807) is 48.5 Å². The zero-order chi connectivity index (χ0) is 24.2. The van der Waals surface area contributed by atoms with Crippen molar-refractivity contribution in [3.8, 4) is 0 Å². The lowest BCUT2D eigenvalue weighted by Crippen LogP contribution is -2.27. The summed E-state index contributed by atoms with van der Waals surface area (Å²) in [5, 5.41) is 6.99. The number of carbonyl (C=O) groups is 4. The molecule has 0 radical (unpaired) electrons. The largest absolute Gasteiger partial charge is 0.464 e. The third-order valence-electron chi connectivity index (χ3n) is 5.11. The standard InChI is InChI=1S/C24H22N4O6/c1-13(29)34-8-7-25-22(30)15-4-6-18-16(9-15)11-20(27-18)23(31)26-17-5-3-14-10-21(24(32)33-2)28-19(14)12-17/h3-6,9-12,27-28H,7-8H2,1-2H3,(H,25,30)(H,26,31). The van der Waals surface area contributed by atoms with E-state index >= 15 is 0 Å². The first-order chi connectivity index (χ1) is 16.3. The molecule has 4 N–H and O–H groups in total. The maximum atomic E-state index is 12.8. The minimum absolute atomic E-state index is 0.0933. The minimum Gasteiger partial charge on any atom is -0.464 e. The molecule has 10 heteroatoms. The number of amides is 2. The Morgan fingerprint density at radius 3 is 2.38 bits per heavy atom. The van der Waals surface area contributed by atoms with Crippen LogP contribution in [0.2, 0.25) is 0 Å². The van der Waals surface area contributed by atoms with Crippen LogP contribution in [-0.2, 0) is 14.3 Å². The number of carbonyl (C=O) groups excluding carboxylic acids is 4. The molecule has 0 aliphatic heterocycles. The fraction of sp³-hybridized carbons (Fsp3) is 0.167. The molecular weight excluding hydrogens is 440 g/mol. The Balaban J connectivity index is 1.46. The summed E-state index contributed by atoms with van der Waals surface area (Å²) in [7, 11) is 1.31. The molecule has 0 spiro atoms. The Morgan fingerprint density at radius 1 is 0.853 bits per heavy atom. The van der Waals surface area contributed by atoms with Crippen LogP contribution in [0.25, 0.3) is 21.8 Å². The van der Waals surface area contributed by atoms with Crippen molar-refractivity contribution in [2.75, 3.05) is 25.6 Å². The summed E-state index contributed by atoms with van der Waals surface area (Å²) in [6.45, 7) is 1.59. The topological polar surface area (TPSA) is 142 Å². The maximum Gasteiger partial charge on any atom is 0.354 e. The van der Waals surface area contributed by atoms with Crippen LogP contribution in [0.4, 0.5) is 5.69 Å². The lowest BCUT2D eigenvalue weighted by Gasteiger charge is -2.05. The molecule has 0 fully saturated rings. The molecule has 0 aliphatic rings. The molecule has 2 aromatic carbocycles. The predicted molar refractivity (Wildman–Crippen MR) is 125 cm³/mol. The number of aromatic nitrogens is 2. The molecule has 0 atom stereocenters. The van der Waals surface area contributed by atoms with Gasteiger partial charge in [-0.25, -0.2) is 4.79 Å². The summed E-state index contributed by atoms with van der Waals surface area (Å²) < 4.78 is 9.51. The fourth-order valence-electron chi connectivity index (χ4n) is 3.48. The van der Waals surface area contributed by atoms with Gasteiger partial charge in [0.25, 0.3) is 11.8 Å². The molecule has 0 unspecified atom stereocenters. The second-order valence-electron chi connectivity index (χ2n) is 7.51. The highest BCUT2D eigenvalue weighted by molar-refractivity contribution is 6.07. The molecular formula is C24H22N4O6. The molecule has 174 valence electrons. The van der Waals surface area contributed by atoms with Crippen LogP contribution in [0.15, 0.2) is 48.5 Å². The molecule has 4 rings (SSSR count). The van der Waals surface area contributed by atoms with Gasteiger partial charge in [-0.3, -0.25) is 14.4 Å². The fourth-order valence-corrected chi connectivity index (χ4v) is 3.48. The van der Waals surface area contributed by atoms with E-state index in [9.17, 15) is 19.2 Å². The summed E-state index contributed by atoms with van der Waals surface area (Å²) >= 11 is 0. The quantitative estimate of drug-likeness (QED) is 0.246. The number of fused-ring (bicyclic) bond motifs is 2. The van der Waals surface area contributed by atoms with Crippen molar-refractivity contribution in [3.05, 3.63) is 65.5 Å². The number of benzene rings is 2. The number of hydrogen-bond donors (Lipinski definition) is 4. The summed E-state index contributed by atoms with van der Waals surface area (Å²) in [4.78, 5) is 53.6. The number of ether oxygens (including phenoxy) is 2. The zero-order valence-electron chi connectivity index (χ0n) is 18.5. The van der Waals surface area contributed by atoms with Crippen LogP contribution in [0.5, 0.6) is 0 Å². The van der Waals surface area contributed by atoms with Gasteiger partial charge in [0.2, 0.25) is 0 Å². The molecule has 4 aromatic rings. The van der Waals surface area contributed by atoms with Crippen molar-refractivity contribution in [1.82, 2.24) is 15.3 Å². The third kappa shape index (κ3) is 4.90. The van der Waals surface area contributed by atoms with Crippen LogP contribution >= 0.6 is 0 Å². The number of esters is 2. The summed E-state index contributed by atoms with van der Waals surface area (Å²) in [5.74, 6) is -1.56. The molecule has 0 bridgehead atoms. The van der Waals surface area contributed by atoms with E-state index in [-0.39, 0.29) is 25.0 Å². The van der Waals surface area contributed by atoms with Gasteiger partial charge in [0.1, 0.15) is 18.0 Å². The van der Waals surface area contributed by atoms with Gasteiger partial charge in [0.15, 0.2) is 0 Å². The highest BCUT2D eigenvalue weighted by atomic mass is 16.5. The van der Waals surface area contributed by atoms with Gasteiger partial charge >= 0.3 is 11.9 Å². The number of rotatable bonds is 7. The van der Waals surface area contributed by atoms with E-state index < -0.39 is 11.9 Å². The van der Waals surface area contributed by atoms with E-state index in [4.69, 9.17) is 9.47 Å². The molecule has 34 heavy (non-hydrogen) atoms. The molecule has 0 saturated heterocycles. The van der Waals surface area contributed by atoms with Crippen LogP contribution < -0.4 is 10.6 Å². The minimum atomic E-state index is -0.475. The Labute approximate surface area is 193 Å². The van der Waals surface area contributed by atoms with Crippen molar-refractivity contribution >= 4 is 51.2 Å². The number of methoxy groups -OCH3 is 1. The van der Waals surface area contributed by atoms with Crippen molar-refractivity contribution < 1.29 is 28.7 Å². The SMILES string of the molecule is COC(=O)c1cc2ccc(NC(=O)c3cc4cc(C(=O)NCCOC(C)=O)ccc4[nH]3)cc2[nH]1. The molecule has 0 aliphatic carbocycles. The van der Waals surface area contributed by atoms with Gasteiger partial charge in [0.05, 0.1) is 13.7 Å². The third-order valence-corrected chi connectivity index (χ3v) is 5.11. The monoisotopic (exact) mass is 462 g/mol. The van der Waals surface area contributed by atoms with Crippen molar-refractivity contribution in [1.29, 1.82) is 0 Å². The van der Waals surface area contributed by atoms with E-state index in [0.29, 0.717) is 39.1 Å². The number of H-pyrrole nitrogens is 2. The van der Waals surface area contributed by atoms with E-state index in [1.807, 2.05) is 0 Å². The Morgan fingerprint density at radius 2 is 1.62 bits per heavy atom. The van der Waals surface area contributed by atoms with Gasteiger partial charge in [-0.15, -0.1) is 0 Å². The highest BCUT2D eigenvalue weighted by Crippen LogP contribution is 2.22. The average Bonchev–Trinajstić information content (AvgIpc) is 3.44. The Hall–Kier alpha value is -4.60. The van der Waals surface area contributed by atoms with E-state index in [1.165, 1.54) is 14.0 Å². The van der Waals surface area contributed by atoms with Crippen LogP contribution in [0.1, 0.15) is 38.3 Å². The maximum absolute atomic E-state index is 12.8. The number of hydrogen-bond acceptors (Lipinski definition) is 6. The average molecular weight is 462 g/mol. The molecule has 2 heterocycles. The van der Waals surface area contributed by atoms with Gasteiger partial charge in [0, 0.05) is 40.0 Å². The summed E-state index contributed by atoms with van der Waals surface area (Å²) in [5.41, 5.74) is 2.98. The highest BCUT2D eigenvalue weighted by Gasteiger charge is 2.14. The number of aromatic amines is 2. The van der Waals surface area contributed by atoms with Gasteiger partial charge in [-0.05, 0) is 42.5 Å². The van der Waals surface area contributed by atoms with Crippen LogP contribution in [0.3, 0.4) is 0 Å². The second-order valence-corrected chi connectivity index (χ2v) is 7.51. The smallest absolute Gasteiger partial charge is 0.354 e. The van der Waals surface area contributed by atoms with Gasteiger partial charge in [-0.1, -0.05) is 6.07 Å². The Bertz CT molecular complexity index is 1420. The molecule has 2 amide bonds. The van der Waals surface area contributed by atoms with Crippen molar-refractivity contribution in [3.63, 3.8) is 0 Å². The second kappa shape index (κ2) is 9.49. The van der Waals surface area contributed by atoms with E-state index in [0.717, 1.165) is 5.39 Å². The Kier molecular flexibility index (Phi) is 6.30. The van der Waals surface area contributed by atoms with Crippen molar-refractivity contribution in [2.45, 2.75) is 6.92 Å². The van der Waals surface area contributed by atoms with Gasteiger partial charge in [-0.2, -0.15) is 0 Å². The lowest BCUT2D eigenvalue weighted by molar-refractivity contribution is -0.140. The van der Waals surface area contributed by atoms with E-state index in [2.05, 4.69) is 20.6 Å². The summed E-state index contributed by atoms with van der Waals surface area (Å²) in [6, 6.07) is 13.6. The molecule has 2 aromatic heterocycles. The number of nitrogens with one attached hydrogen (secondary N) is 4. The first-order valence-corrected chi connectivity index (χ1v) is 10.4. The first-order valence-electron chi connectivity index (χ1n) is 10.4. The molecule has 10 nitrogen and oxygen atoms in total. The predicted octanol–water partition coefficient (Wildman–Crippen LogP) is 2.98. The van der Waals surface area contributed by atoms with Crippen molar-refractivity contribution in [2.24, 2.45) is 0 Å². The first kappa shape index (κ1) is 22.6. The van der Waals surface area contributed by atoms with Crippen LogP contribution in [0, 0.1) is 0 Å². The number of anilines is 1. The normalized spacial score (nSPS) is 10.8. The van der Waals surface area contributed by atoms with Crippen LogP contribution in [-0.4, -0.2) is 54.0 Å².